The molecule has 0 radical (unpaired) electrons. The number of nitrogens with zero attached hydrogens (tertiary/aromatic N) is 5. The molecule has 0 amide bonds. The molecule has 1 atom stereocenters. The average molecular weight is 280 g/mol. The van der Waals surface area contributed by atoms with Crippen molar-refractivity contribution in [2.45, 2.75) is 19.6 Å². The second-order valence-electron chi connectivity index (χ2n) is 4.60. The Labute approximate surface area is 116 Å². The van der Waals surface area contributed by atoms with E-state index in [1.807, 2.05) is 11.8 Å². The zero-order valence-electron chi connectivity index (χ0n) is 11.5. The summed E-state index contributed by atoms with van der Waals surface area (Å²) < 4.78 is 1.75. The Balaban J connectivity index is 2.06. The van der Waals surface area contributed by atoms with Gasteiger partial charge in [-0.15, -0.1) is 0 Å². The molecule has 0 fully saturated rings. The van der Waals surface area contributed by atoms with E-state index in [9.17, 15) is 5.11 Å². The summed E-state index contributed by atoms with van der Waals surface area (Å²) in [6.45, 7) is 4.25. The Kier molecular flexibility index (Phi) is 4.83. The summed E-state index contributed by atoms with van der Waals surface area (Å²) >= 11 is 0. The monoisotopic (exact) mass is 280 g/mol. The summed E-state index contributed by atoms with van der Waals surface area (Å²) in [6, 6.07) is 0. The van der Waals surface area contributed by atoms with E-state index in [4.69, 9.17) is 10.8 Å². The number of nitrogens with two attached hydrogens (primary N) is 1. The van der Waals surface area contributed by atoms with Gasteiger partial charge in [-0.3, -0.25) is 4.90 Å². The second-order valence-corrected chi connectivity index (χ2v) is 4.60. The van der Waals surface area contributed by atoms with E-state index >= 15 is 0 Å². The van der Waals surface area contributed by atoms with Crippen LogP contribution in [-0.4, -0.2) is 67.0 Å². The lowest BCUT2D eigenvalue weighted by Crippen LogP contribution is -2.36. The highest BCUT2D eigenvalue weighted by Gasteiger charge is 2.14. The molecular weight excluding hydrogens is 260 g/mol. The molecule has 8 heteroatoms. The summed E-state index contributed by atoms with van der Waals surface area (Å²) in [5.41, 5.74) is 6.87. The third-order valence-corrected chi connectivity index (χ3v) is 3.17. The van der Waals surface area contributed by atoms with Gasteiger partial charge < -0.3 is 20.5 Å². The molecule has 2 rings (SSSR count). The van der Waals surface area contributed by atoms with Crippen molar-refractivity contribution in [2.24, 2.45) is 0 Å². The van der Waals surface area contributed by atoms with Crippen LogP contribution in [0.25, 0.3) is 11.2 Å². The van der Waals surface area contributed by atoms with Crippen molar-refractivity contribution in [1.29, 1.82) is 0 Å². The number of hydrogen-bond acceptors (Lipinski definition) is 7. The molecule has 0 aromatic carbocycles. The molecule has 2 heterocycles. The second kappa shape index (κ2) is 6.60. The van der Waals surface area contributed by atoms with Crippen LogP contribution < -0.4 is 5.73 Å². The molecule has 0 unspecified atom stereocenters. The number of aliphatic hydroxyl groups is 2. The first-order chi connectivity index (χ1) is 9.65. The molecule has 0 saturated carbocycles. The number of aliphatic hydroxyl groups excluding tert-OH is 2. The standard InChI is InChI=1S/C12H20N6O2/c1-2-17(3-4-19)5-9(20)6-18-8-16-10-11(13)14-7-15-12(10)18/h7-9,19-20H,2-6H2,1H3,(H2,13,14,15)/t9-/m1/s1. The number of fused-ring (bicyclic) bond motifs is 1. The van der Waals surface area contributed by atoms with Gasteiger partial charge in [-0.1, -0.05) is 6.92 Å². The highest BCUT2D eigenvalue weighted by Crippen LogP contribution is 2.14. The number of imidazole rings is 1. The topological polar surface area (TPSA) is 113 Å². The summed E-state index contributed by atoms with van der Waals surface area (Å²) in [5.74, 6) is 0.332. The fourth-order valence-corrected chi connectivity index (χ4v) is 2.14. The van der Waals surface area contributed by atoms with Crippen LogP contribution in [0.1, 0.15) is 6.92 Å². The van der Waals surface area contributed by atoms with Crippen LogP contribution >= 0.6 is 0 Å². The van der Waals surface area contributed by atoms with E-state index in [-0.39, 0.29) is 6.61 Å². The van der Waals surface area contributed by atoms with Crippen molar-refractivity contribution < 1.29 is 10.2 Å². The third-order valence-electron chi connectivity index (χ3n) is 3.17. The normalized spacial score (nSPS) is 13.2. The maximum atomic E-state index is 10.1. The Hall–Kier alpha value is -1.77. The zero-order valence-corrected chi connectivity index (χ0v) is 11.5. The number of rotatable bonds is 7. The number of aromatic nitrogens is 4. The van der Waals surface area contributed by atoms with E-state index in [1.165, 1.54) is 6.33 Å². The summed E-state index contributed by atoms with van der Waals surface area (Å²) in [4.78, 5) is 14.1. The molecular formula is C12H20N6O2. The Bertz CT molecular complexity index is 558. The molecule has 0 saturated heterocycles. The van der Waals surface area contributed by atoms with E-state index in [0.29, 0.717) is 36.6 Å². The third kappa shape index (κ3) is 3.21. The Morgan fingerprint density at radius 3 is 2.90 bits per heavy atom. The van der Waals surface area contributed by atoms with Gasteiger partial charge in [0.1, 0.15) is 11.8 Å². The largest absolute Gasteiger partial charge is 0.395 e. The van der Waals surface area contributed by atoms with Gasteiger partial charge in [-0.2, -0.15) is 0 Å². The SMILES string of the molecule is CCN(CCO)C[C@@H](O)Cn1cnc2c(N)ncnc21. The van der Waals surface area contributed by atoms with Gasteiger partial charge in [0.15, 0.2) is 11.5 Å². The maximum absolute atomic E-state index is 10.1. The minimum absolute atomic E-state index is 0.0817. The first-order valence-electron chi connectivity index (χ1n) is 6.58. The molecule has 0 spiro atoms. The highest BCUT2D eigenvalue weighted by molar-refractivity contribution is 5.81. The van der Waals surface area contributed by atoms with Gasteiger partial charge in [0, 0.05) is 13.1 Å². The average Bonchev–Trinajstić information content (AvgIpc) is 2.83. The first kappa shape index (κ1) is 14.6. The van der Waals surface area contributed by atoms with Crippen molar-refractivity contribution in [3.05, 3.63) is 12.7 Å². The molecule has 0 bridgehead atoms. The van der Waals surface area contributed by atoms with Gasteiger partial charge in [0.2, 0.25) is 0 Å². The van der Waals surface area contributed by atoms with Crippen molar-refractivity contribution in [3.8, 4) is 0 Å². The minimum Gasteiger partial charge on any atom is -0.395 e. The fourth-order valence-electron chi connectivity index (χ4n) is 2.14. The van der Waals surface area contributed by atoms with E-state index in [1.54, 1.807) is 10.9 Å². The predicted molar refractivity (Wildman–Crippen MR) is 74.9 cm³/mol. The van der Waals surface area contributed by atoms with Crippen LogP contribution in [0.15, 0.2) is 12.7 Å². The molecule has 0 aliphatic carbocycles. The molecule has 8 nitrogen and oxygen atoms in total. The Morgan fingerprint density at radius 1 is 1.40 bits per heavy atom. The van der Waals surface area contributed by atoms with E-state index in [2.05, 4.69) is 15.0 Å². The van der Waals surface area contributed by atoms with Crippen molar-refractivity contribution >= 4 is 17.0 Å². The number of likely N-dealkylation sites (N-methyl/N-ethyl adjacent to an activating group) is 1. The molecule has 110 valence electrons. The smallest absolute Gasteiger partial charge is 0.165 e. The van der Waals surface area contributed by atoms with Crippen molar-refractivity contribution in [3.63, 3.8) is 0 Å². The van der Waals surface area contributed by atoms with Crippen LogP contribution in [0.5, 0.6) is 0 Å². The van der Waals surface area contributed by atoms with Crippen LogP contribution in [0.4, 0.5) is 5.82 Å². The van der Waals surface area contributed by atoms with Crippen LogP contribution in [0.2, 0.25) is 0 Å². The lowest BCUT2D eigenvalue weighted by molar-refractivity contribution is 0.0910. The maximum Gasteiger partial charge on any atom is 0.165 e. The summed E-state index contributed by atoms with van der Waals surface area (Å²) in [7, 11) is 0. The number of nitrogen functional groups attached to an aromatic ring is 1. The minimum atomic E-state index is -0.574. The predicted octanol–water partition coefficient (Wildman–Crippen LogP) is -0.916. The number of hydrogen-bond donors (Lipinski definition) is 3. The van der Waals surface area contributed by atoms with Crippen LogP contribution in [-0.2, 0) is 6.54 Å². The molecule has 0 aliphatic rings. The molecule has 4 N–H and O–H groups in total. The van der Waals surface area contributed by atoms with Gasteiger partial charge in [0.05, 0.1) is 25.6 Å². The van der Waals surface area contributed by atoms with Crippen LogP contribution in [0, 0.1) is 0 Å². The highest BCUT2D eigenvalue weighted by atomic mass is 16.3. The van der Waals surface area contributed by atoms with Crippen molar-refractivity contribution in [2.75, 3.05) is 32.0 Å². The van der Waals surface area contributed by atoms with E-state index in [0.717, 1.165) is 6.54 Å². The van der Waals surface area contributed by atoms with Gasteiger partial charge in [-0.25, -0.2) is 15.0 Å². The fraction of sp³-hybridized carbons (Fsp3) is 0.583. The summed E-state index contributed by atoms with van der Waals surface area (Å²) in [5, 5.41) is 19.1. The van der Waals surface area contributed by atoms with Gasteiger partial charge in [-0.05, 0) is 6.54 Å². The lowest BCUT2D eigenvalue weighted by atomic mass is 10.3. The van der Waals surface area contributed by atoms with Crippen molar-refractivity contribution in [1.82, 2.24) is 24.4 Å². The molecule has 2 aromatic heterocycles. The first-order valence-corrected chi connectivity index (χ1v) is 6.58. The van der Waals surface area contributed by atoms with E-state index < -0.39 is 6.10 Å². The lowest BCUT2D eigenvalue weighted by Gasteiger charge is -2.22. The quantitative estimate of drug-likeness (QED) is 0.601. The summed E-state index contributed by atoms with van der Waals surface area (Å²) in [6.07, 6.45) is 2.41. The van der Waals surface area contributed by atoms with Gasteiger partial charge in [0.25, 0.3) is 0 Å². The van der Waals surface area contributed by atoms with Crippen LogP contribution in [0.3, 0.4) is 0 Å². The molecule has 20 heavy (non-hydrogen) atoms. The Morgan fingerprint density at radius 2 is 2.20 bits per heavy atom. The van der Waals surface area contributed by atoms with Gasteiger partial charge >= 0.3 is 0 Å². The number of anilines is 1. The molecule has 0 aliphatic heterocycles. The molecule has 2 aromatic rings. The zero-order chi connectivity index (χ0) is 14.5.